The van der Waals surface area contributed by atoms with Crippen molar-refractivity contribution in [2.45, 2.75) is 57.7 Å². The van der Waals surface area contributed by atoms with Gasteiger partial charge in [-0.3, -0.25) is 13.9 Å². The number of hydrogen-bond acceptors (Lipinski definition) is 5. The number of benzene rings is 3. The minimum absolute atomic E-state index is 0.00994. The first-order chi connectivity index (χ1) is 20.6. The van der Waals surface area contributed by atoms with Crippen LogP contribution in [0.1, 0.15) is 43.7 Å². The fraction of sp³-hybridized carbons (Fsp3) is 0.375. The Morgan fingerprint density at radius 2 is 1.63 bits per heavy atom. The summed E-state index contributed by atoms with van der Waals surface area (Å²) in [5.41, 5.74) is 1.75. The van der Waals surface area contributed by atoms with Crippen LogP contribution in [-0.4, -0.2) is 56.6 Å². The lowest BCUT2D eigenvalue weighted by Crippen LogP contribution is -2.54. The Kier molecular flexibility index (Phi) is 11.3. The van der Waals surface area contributed by atoms with Gasteiger partial charge in [0, 0.05) is 19.0 Å². The normalized spacial score (nSPS) is 14.2. The number of nitrogens with one attached hydrogen (secondary N) is 1. The van der Waals surface area contributed by atoms with Gasteiger partial charge in [-0.2, -0.15) is 0 Å². The van der Waals surface area contributed by atoms with Crippen molar-refractivity contribution in [1.29, 1.82) is 0 Å². The van der Waals surface area contributed by atoms with Crippen molar-refractivity contribution in [3.05, 3.63) is 94.0 Å². The van der Waals surface area contributed by atoms with Crippen LogP contribution in [0.5, 0.6) is 5.75 Å². The van der Waals surface area contributed by atoms with Gasteiger partial charge in [0.15, 0.2) is 0 Å². The molecule has 11 heteroatoms. The summed E-state index contributed by atoms with van der Waals surface area (Å²) in [6.45, 7) is 1.58. The predicted octanol–water partition coefficient (Wildman–Crippen LogP) is 5.86. The highest BCUT2D eigenvalue weighted by atomic mass is 35.5. The van der Waals surface area contributed by atoms with Gasteiger partial charge < -0.3 is 15.0 Å². The monoisotopic (exact) mass is 645 g/mol. The van der Waals surface area contributed by atoms with E-state index in [4.69, 9.17) is 27.9 Å². The predicted molar refractivity (Wildman–Crippen MR) is 171 cm³/mol. The third-order valence-corrected chi connectivity index (χ3v) is 9.29. The molecule has 8 nitrogen and oxygen atoms in total. The van der Waals surface area contributed by atoms with E-state index in [2.05, 4.69) is 5.32 Å². The summed E-state index contributed by atoms with van der Waals surface area (Å²) in [6.07, 6.45) is 5.09. The van der Waals surface area contributed by atoms with E-state index in [1.807, 2.05) is 30.3 Å². The van der Waals surface area contributed by atoms with Crippen LogP contribution in [0.25, 0.3) is 0 Å². The number of para-hydroxylation sites is 2. The second kappa shape index (κ2) is 14.9. The quantitative estimate of drug-likeness (QED) is 0.251. The number of carbonyl (C=O) groups excluding carboxylic acids is 2. The molecule has 1 aliphatic carbocycles. The van der Waals surface area contributed by atoms with Crippen molar-refractivity contribution in [2.24, 2.45) is 0 Å². The molecule has 4 rings (SSSR count). The first kappa shape index (κ1) is 32.6. The molecule has 0 radical (unpaired) electrons. The Hall–Kier alpha value is -3.27. The van der Waals surface area contributed by atoms with Crippen molar-refractivity contribution in [2.75, 3.05) is 23.7 Å². The number of hydrogen-bond donors (Lipinski definition) is 1. The lowest BCUT2D eigenvalue weighted by atomic mass is 10.0. The first-order valence-electron chi connectivity index (χ1n) is 14.3. The Morgan fingerprint density at radius 1 is 0.953 bits per heavy atom. The molecule has 0 bridgehead atoms. The zero-order valence-electron chi connectivity index (χ0n) is 24.3. The van der Waals surface area contributed by atoms with Gasteiger partial charge in [0.05, 0.1) is 28.6 Å². The summed E-state index contributed by atoms with van der Waals surface area (Å²) in [7, 11) is -3.93. The minimum Gasteiger partial charge on any atom is -0.492 e. The van der Waals surface area contributed by atoms with E-state index in [0.717, 1.165) is 41.8 Å². The first-order valence-corrected chi connectivity index (χ1v) is 16.9. The number of anilines is 1. The summed E-state index contributed by atoms with van der Waals surface area (Å²) in [5, 5.41) is 3.82. The van der Waals surface area contributed by atoms with E-state index in [9.17, 15) is 18.0 Å². The number of amides is 2. The zero-order valence-corrected chi connectivity index (χ0v) is 26.7. The molecule has 3 aromatic carbocycles. The fourth-order valence-corrected chi connectivity index (χ4v) is 6.47. The maximum Gasteiger partial charge on any atom is 0.244 e. The van der Waals surface area contributed by atoms with Gasteiger partial charge in [-0.25, -0.2) is 8.42 Å². The molecule has 1 fully saturated rings. The Labute approximate surface area is 264 Å². The standard InChI is InChI=1S/C32H37Cl2N3O5S/c1-3-42-30-16-10-9-15-28(30)37(43(2,40)41)22-31(38)36(21-24-17-18-26(33)27(34)19-24)29(20-23-11-5-4-6-12-23)32(39)35-25-13-7-8-14-25/h4-6,9-12,15-19,25,29H,3,7-8,13-14,20-22H2,1-2H3,(H,35,39)/t29-/m1/s1. The van der Waals surface area contributed by atoms with Gasteiger partial charge in [0.1, 0.15) is 18.3 Å². The zero-order chi connectivity index (χ0) is 31.0. The van der Waals surface area contributed by atoms with E-state index < -0.39 is 28.5 Å². The molecule has 0 heterocycles. The molecule has 2 amide bonds. The highest BCUT2D eigenvalue weighted by Gasteiger charge is 2.35. The van der Waals surface area contributed by atoms with Crippen LogP contribution in [0.15, 0.2) is 72.8 Å². The Morgan fingerprint density at radius 3 is 2.28 bits per heavy atom. The summed E-state index contributed by atoms with van der Waals surface area (Å²) >= 11 is 12.5. The van der Waals surface area contributed by atoms with Crippen LogP contribution in [0.4, 0.5) is 5.69 Å². The molecule has 43 heavy (non-hydrogen) atoms. The molecular weight excluding hydrogens is 609 g/mol. The van der Waals surface area contributed by atoms with Gasteiger partial charge in [-0.1, -0.05) is 84.6 Å². The molecule has 1 saturated carbocycles. The van der Waals surface area contributed by atoms with E-state index in [1.54, 1.807) is 49.4 Å². The topological polar surface area (TPSA) is 96.0 Å². The lowest BCUT2D eigenvalue weighted by molar-refractivity contribution is -0.140. The van der Waals surface area contributed by atoms with Crippen molar-refractivity contribution in [1.82, 2.24) is 10.2 Å². The average Bonchev–Trinajstić information content (AvgIpc) is 3.49. The van der Waals surface area contributed by atoms with Crippen molar-refractivity contribution in [3.8, 4) is 5.75 Å². The minimum atomic E-state index is -3.93. The molecular formula is C32H37Cl2N3O5S. The Balaban J connectivity index is 1.76. The third-order valence-electron chi connectivity index (χ3n) is 7.42. The highest BCUT2D eigenvalue weighted by Crippen LogP contribution is 2.31. The number of nitrogens with zero attached hydrogens (tertiary/aromatic N) is 2. The summed E-state index contributed by atoms with van der Waals surface area (Å²) < 4.78 is 32.9. The van der Waals surface area contributed by atoms with E-state index in [1.165, 1.54) is 4.90 Å². The third kappa shape index (κ3) is 8.87. The number of rotatable bonds is 13. The largest absolute Gasteiger partial charge is 0.492 e. The number of carbonyl (C=O) groups is 2. The maximum absolute atomic E-state index is 14.3. The number of halogens is 2. The molecule has 0 spiro atoms. The summed E-state index contributed by atoms with van der Waals surface area (Å²) in [4.78, 5) is 29.7. The molecule has 0 saturated heterocycles. The van der Waals surface area contributed by atoms with Crippen LogP contribution in [0.2, 0.25) is 10.0 Å². The van der Waals surface area contributed by atoms with E-state index in [0.29, 0.717) is 28.0 Å². The average molecular weight is 647 g/mol. The van der Waals surface area contributed by atoms with Gasteiger partial charge in [0.2, 0.25) is 21.8 Å². The van der Waals surface area contributed by atoms with Gasteiger partial charge in [-0.05, 0) is 55.2 Å². The van der Waals surface area contributed by atoms with Crippen LogP contribution in [0, 0.1) is 0 Å². The van der Waals surface area contributed by atoms with Gasteiger partial charge in [0.25, 0.3) is 0 Å². The fourth-order valence-electron chi connectivity index (χ4n) is 5.29. The van der Waals surface area contributed by atoms with Crippen molar-refractivity contribution >= 4 is 50.7 Å². The van der Waals surface area contributed by atoms with E-state index in [-0.39, 0.29) is 30.6 Å². The summed E-state index contributed by atoms with van der Waals surface area (Å²) in [6, 6.07) is 20.2. The summed E-state index contributed by atoms with van der Waals surface area (Å²) in [5.74, 6) is -0.505. The molecule has 0 unspecified atom stereocenters. The van der Waals surface area contributed by atoms with Crippen LogP contribution in [0.3, 0.4) is 0 Å². The Bertz CT molecular complexity index is 1510. The SMILES string of the molecule is CCOc1ccccc1N(CC(=O)N(Cc1ccc(Cl)c(Cl)c1)[C@H](Cc1ccccc1)C(=O)NC1CCCC1)S(C)(=O)=O. The molecule has 3 aromatic rings. The molecule has 0 aliphatic heterocycles. The lowest BCUT2D eigenvalue weighted by Gasteiger charge is -2.34. The second-order valence-electron chi connectivity index (χ2n) is 10.6. The van der Waals surface area contributed by atoms with Crippen LogP contribution >= 0.6 is 23.2 Å². The van der Waals surface area contributed by atoms with Gasteiger partial charge in [-0.15, -0.1) is 0 Å². The maximum atomic E-state index is 14.3. The van der Waals surface area contributed by atoms with Crippen LogP contribution < -0.4 is 14.4 Å². The molecule has 1 aliphatic rings. The smallest absolute Gasteiger partial charge is 0.244 e. The van der Waals surface area contributed by atoms with Crippen molar-refractivity contribution in [3.63, 3.8) is 0 Å². The molecule has 0 aromatic heterocycles. The van der Waals surface area contributed by atoms with Crippen LogP contribution in [-0.2, 0) is 32.6 Å². The van der Waals surface area contributed by atoms with E-state index >= 15 is 0 Å². The number of ether oxygens (including phenoxy) is 1. The highest BCUT2D eigenvalue weighted by molar-refractivity contribution is 7.92. The van der Waals surface area contributed by atoms with Gasteiger partial charge >= 0.3 is 0 Å². The molecule has 1 N–H and O–H groups in total. The molecule has 1 atom stereocenters. The molecule has 230 valence electrons. The number of sulfonamides is 1. The second-order valence-corrected chi connectivity index (χ2v) is 13.4. The van der Waals surface area contributed by atoms with Crippen molar-refractivity contribution < 1.29 is 22.7 Å².